The third-order valence-corrected chi connectivity index (χ3v) is 6.09. The first-order valence-electron chi connectivity index (χ1n) is 7.55. The van der Waals surface area contributed by atoms with Crippen LogP contribution in [-0.4, -0.2) is 17.8 Å². The highest BCUT2D eigenvalue weighted by atomic mass is 32.1. The van der Waals surface area contributed by atoms with Crippen molar-refractivity contribution in [3.05, 3.63) is 34.7 Å². The maximum absolute atomic E-state index is 9.45. The predicted molar refractivity (Wildman–Crippen MR) is 86.3 cm³/mol. The van der Waals surface area contributed by atoms with E-state index in [9.17, 15) is 5.11 Å². The molecule has 0 aliphatic heterocycles. The summed E-state index contributed by atoms with van der Waals surface area (Å²) in [7, 11) is 0. The highest BCUT2D eigenvalue weighted by molar-refractivity contribution is 7.19. The van der Waals surface area contributed by atoms with E-state index in [-0.39, 0.29) is 0 Å². The number of hydrogen-bond donors (Lipinski definition) is 2. The average molecular weight is 289 g/mol. The summed E-state index contributed by atoms with van der Waals surface area (Å²) < 4.78 is 1.37. The molecule has 2 aromatic rings. The molecule has 3 unspecified atom stereocenters. The summed E-state index contributed by atoms with van der Waals surface area (Å²) in [6.07, 6.45) is 3.59. The fourth-order valence-corrected chi connectivity index (χ4v) is 4.70. The number of hydrogen-bond acceptors (Lipinski definition) is 3. The van der Waals surface area contributed by atoms with Crippen molar-refractivity contribution < 1.29 is 5.11 Å². The lowest BCUT2D eigenvalue weighted by Crippen LogP contribution is -2.35. The van der Waals surface area contributed by atoms with Gasteiger partial charge in [-0.3, -0.25) is 0 Å². The Kier molecular flexibility index (Phi) is 4.11. The van der Waals surface area contributed by atoms with Gasteiger partial charge >= 0.3 is 0 Å². The van der Waals surface area contributed by atoms with Crippen LogP contribution in [0.4, 0.5) is 0 Å². The maximum atomic E-state index is 9.45. The standard InChI is InChI=1S/C17H23NOS/c1-11-14-7-3-4-9-16(14)20-17(11)12(2)18-15-8-5-6-13(15)10-19/h3-4,7,9,12-13,15,18-19H,5-6,8,10H2,1-2H3. The SMILES string of the molecule is Cc1c(C(C)NC2CCCC2CO)sc2ccccc12. The van der Waals surface area contributed by atoms with Crippen molar-refractivity contribution in [2.24, 2.45) is 5.92 Å². The predicted octanol–water partition coefficient (Wildman–Crippen LogP) is 4.02. The van der Waals surface area contributed by atoms with E-state index in [1.807, 2.05) is 11.3 Å². The fourth-order valence-electron chi connectivity index (χ4n) is 3.48. The van der Waals surface area contributed by atoms with Crippen LogP contribution in [0.25, 0.3) is 10.1 Å². The van der Waals surface area contributed by atoms with Crippen molar-refractivity contribution in [1.29, 1.82) is 0 Å². The Morgan fingerprint density at radius 2 is 2.15 bits per heavy atom. The van der Waals surface area contributed by atoms with E-state index in [4.69, 9.17) is 0 Å². The zero-order valence-electron chi connectivity index (χ0n) is 12.2. The van der Waals surface area contributed by atoms with Gasteiger partial charge in [0.2, 0.25) is 0 Å². The molecular formula is C17H23NOS. The van der Waals surface area contributed by atoms with Crippen molar-refractivity contribution >= 4 is 21.4 Å². The number of rotatable bonds is 4. The second-order valence-corrected chi connectivity index (χ2v) is 7.04. The Hall–Kier alpha value is -0.900. The van der Waals surface area contributed by atoms with E-state index in [1.165, 1.54) is 33.4 Å². The van der Waals surface area contributed by atoms with Gasteiger partial charge in [0, 0.05) is 28.3 Å². The molecule has 1 aliphatic carbocycles. The molecule has 0 saturated heterocycles. The van der Waals surface area contributed by atoms with E-state index >= 15 is 0 Å². The van der Waals surface area contributed by atoms with Gasteiger partial charge in [0.15, 0.2) is 0 Å². The second-order valence-electron chi connectivity index (χ2n) is 5.96. The van der Waals surface area contributed by atoms with E-state index in [0.29, 0.717) is 24.6 Å². The smallest absolute Gasteiger partial charge is 0.0474 e. The van der Waals surface area contributed by atoms with Crippen LogP contribution in [0, 0.1) is 12.8 Å². The Morgan fingerprint density at radius 3 is 2.90 bits per heavy atom. The normalized spacial score (nSPS) is 24.4. The first kappa shape index (κ1) is 14.1. The van der Waals surface area contributed by atoms with Crippen LogP contribution in [-0.2, 0) is 0 Å². The van der Waals surface area contributed by atoms with Crippen LogP contribution in [0.3, 0.4) is 0 Å². The molecule has 1 saturated carbocycles. The third kappa shape index (κ3) is 2.50. The van der Waals surface area contributed by atoms with Crippen molar-refractivity contribution in [2.75, 3.05) is 6.61 Å². The van der Waals surface area contributed by atoms with Gasteiger partial charge in [0.1, 0.15) is 0 Å². The van der Waals surface area contributed by atoms with Gasteiger partial charge in [0.25, 0.3) is 0 Å². The fraction of sp³-hybridized carbons (Fsp3) is 0.529. The molecule has 1 heterocycles. The van der Waals surface area contributed by atoms with Crippen molar-refractivity contribution in [2.45, 2.75) is 45.2 Å². The van der Waals surface area contributed by atoms with Gasteiger partial charge in [0.05, 0.1) is 0 Å². The van der Waals surface area contributed by atoms with Gasteiger partial charge in [-0.2, -0.15) is 0 Å². The van der Waals surface area contributed by atoms with Crippen LogP contribution < -0.4 is 5.32 Å². The first-order valence-corrected chi connectivity index (χ1v) is 8.37. The molecule has 20 heavy (non-hydrogen) atoms. The second kappa shape index (κ2) is 5.84. The topological polar surface area (TPSA) is 32.3 Å². The highest BCUT2D eigenvalue weighted by Gasteiger charge is 2.28. The molecule has 2 N–H and O–H groups in total. The molecule has 3 rings (SSSR count). The number of nitrogens with one attached hydrogen (secondary N) is 1. The summed E-state index contributed by atoms with van der Waals surface area (Å²) in [6, 6.07) is 9.48. The number of thiophene rings is 1. The van der Waals surface area contributed by atoms with E-state index < -0.39 is 0 Å². The largest absolute Gasteiger partial charge is 0.396 e. The molecule has 2 nitrogen and oxygen atoms in total. The summed E-state index contributed by atoms with van der Waals surface area (Å²) in [4.78, 5) is 1.44. The zero-order chi connectivity index (χ0) is 14.1. The molecule has 1 aromatic carbocycles. The molecule has 108 valence electrons. The molecule has 3 atom stereocenters. The summed E-state index contributed by atoms with van der Waals surface area (Å²) >= 11 is 1.90. The van der Waals surface area contributed by atoms with Gasteiger partial charge in [-0.05, 0) is 49.6 Å². The molecule has 0 bridgehead atoms. The van der Waals surface area contributed by atoms with Gasteiger partial charge in [-0.1, -0.05) is 24.6 Å². The van der Waals surface area contributed by atoms with Crippen LogP contribution in [0.2, 0.25) is 0 Å². The van der Waals surface area contributed by atoms with E-state index in [2.05, 4.69) is 43.4 Å². The Labute approximate surface area is 124 Å². The lowest BCUT2D eigenvalue weighted by molar-refractivity contribution is 0.201. The van der Waals surface area contributed by atoms with E-state index in [1.54, 1.807) is 0 Å². The van der Waals surface area contributed by atoms with Crippen LogP contribution >= 0.6 is 11.3 Å². The lowest BCUT2D eigenvalue weighted by atomic mass is 10.0. The van der Waals surface area contributed by atoms with Crippen molar-refractivity contribution in [1.82, 2.24) is 5.32 Å². The van der Waals surface area contributed by atoms with Crippen molar-refractivity contribution in [3.8, 4) is 0 Å². The summed E-state index contributed by atoms with van der Waals surface area (Å²) in [6.45, 7) is 4.80. The Morgan fingerprint density at radius 1 is 1.35 bits per heavy atom. The van der Waals surface area contributed by atoms with E-state index in [0.717, 1.165) is 6.42 Å². The quantitative estimate of drug-likeness (QED) is 0.891. The zero-order valence-corrected chi connectivity index (χ0v) is 13.0. The Balaban J connectivity index is 1.82. The molecule has 1 aliphatic rings. The minimum Gasteiger partial charge on any atom is -0.396 e. The minimum absolute atomic E-state index is 0.315. The van der Waals surface area contributed by atoms with Gasteiger partial charge in [-0.25, -0.2) is 0 Å². The highest BCUT2D eigenvalue weighted by Crippen LogP contribution is 2.36. The van der Waals surface area contributed by atoms with Crippen LogP contribution in [0.5, 0.6) is 0 Å². The molecule has 0 amide bonds. The summed E-state index contributed by atoms with van der Waals surface area (Å²) in [5.74, 6) is 0.437. The van der Waals surface area contributed by atoms with Gasteiger partial charge < -0.3 is 10.4 Å². The maximum Gasteiger partial charge on any atom is 0.0474 e. The number of fused-ring (bicyclic) bond motifs is 1. The molecule has 1 fully saturated rings. The Bertz CT molecular complexity index is 592. The van der Waals surface area contributed by atoms with Crippen LogP contribution in [0.15, 0.2) is 24.3 Å². The summed E-state index contributed by atoms with van der Waals surface area (Å²) in [5, 5.41) is 14.6. The van der Waals surface area contributed by atoms with Gasteiger partial charge in [-0.15, -0.1) is 11.3 Å². The van der Waals surface area contributed by atoms with Crippen molar-refractivity contribution in [3.63, 3.8) is 0 Å². The number of benzene rings is 1. The molecule has 0 spiro atoms. The third-order valence-electron chi connectivity index (χ3n) is 4.63. The molecule has 3 heteroatoms. The van der Waals surface area contributed by atoms with Crippen LogP contribution in [0.1, 0.15) is 42.7 Å². The minimum atomic E-state index is 0.315. The summed E-state index contributed by atoms with van der Waals surface area (Å²) in [5.41, 5.74) is 1.41. The number of aliphatic hydroxyl groups excluding tert-OH is 1. The molecule has 1 aromatic heterocycles. The molecule has 0 radical (unpaired) electrons. The molecular weight excluding hydrogens is 266 g/mol. The number of aliphatic hydroxyl groups is 1. The average Bonchev–Trinajstić information content (AvgIpc) is 3.04. The number of aryl methyl sites for hydroxylation is 1. The first-order chi connectivity index (χ1) is 9.70. The monoisotopic (exact) mass is 289 g/mol. The lowest BCUT2D eigenvalue weighted by Gasteiger charge is -2.23.